The van der Waals surface area contributed by atoms with Crippen LogP contribution in [0.5, 0.6) is 0 Å². The van der Waals surface area contributed by atoms with Crippen LogP contribution in [0, 0.1) is 0 Å². The smallest absolute Gasteiger partial charge is 0.240 e. The number of unbranched alkanes of at least 4 members (excludes halogenated alkanes) is 2. The van der Waals surface area contributed by atoms with E-state index in [4.69, 9.17) is 0 Å². The van der Waals surface area contributed by atoms with E-state index in [0.717, 1.165) is 35.2 Å². The van der Waals surface area contributed by atoms with Crippen molar-refractivity contribution in [2.75, 3.05) is 0 Å². The molecule has 0 aliphatic carbocycles. The van der Waals surface area contributed by atoms with Crippen LogP contribution in [0.4, 0.5) is 0 Å². The molecule has 0 fully saturated rings. The van der Waals surface area contributed by atoms with Gasteiger partial charge in [0.05, 0.1) is 28.8 Å². The van der Waals surface area contributed by atoms with E-state index in [1.165, 1.54) is 0 Å². The van der Waals surface area contributed by atoms with Gasteiger partial charge < -0.3 is 0 Å². The molecule has 0 radical (unpaired) electrons. The molecule has 6 nitrogen and oxygen atoms in total. The van der Waals surface area contributed by atoms with E-state index in [1.54, 1.807) is 22.7 Å². The van der Waals surface area contributed by atoms with Gasteiger partial charge in [-0.05, 0) is 82.8 Å². The van der Waals surface area contributed by atoms with Crippen molar-refractivity contribution in [3.05, 3.63) is 41.6 Å². The van der Waals surface area contributed by atoms with Gasteiger partial charge in [0.25, 0.3) is 0 Å². The van der Waals surface area contributed by atoms with Crippen molar-refractivity contribution in [3.63, 3.8) is 0 Å². The van der Waals surface area contributed by atoms with E-state index in [0.29, 0.717) is 25.7 Å². The SMILES string of the molecule is CC(=NNC(=O)CCCCCC(=O)NN=C(C)c1ccc(Br)s1)c1ccc(Br)s1. The van der Waals surface area contributed by atoms with Crippen molar-refractivity contribution in [3.8, 4) is 0 Å². The summed E-state index contributed by atoms with van der Waals surface area (Å²) in [6.07, 6.45) is 2.99. The zero-order chi connectivity index (χ0) is 21.2. The molecule has 2 aromatic heterocycles. The fourth-order valence-electron chi connectivity index (χ4n) is 2.28. The van der Waals surface area contributed by atoms with Crippen molar-refractivity contribution in [1.82, 2.24) is 10.9 Å². The first-order valence-corrected chi connectivity index (χ1v) is 12.2. The molecule has 0 unspecified atom stereocenters. The first-order valence-electron chi connectivity index (χ1n) is 9.03. The van der Waals surface area contributed by atoms with Crippen LogP contribution in [0.1, 0.15) is 55.7 Å². The van der Waals surface area contributed by atoms with Crippen LogP contribution in [0.25, 0.3) is 0 Å². The Bertz CT molecular complexity index is 833. The number of carbonyl (C=O) groups is 2. The Morgan fingerprint density at radius 3 is 1.55 bits per heavy atom. The number of nitrogens with zero attached hydrogens (tertiary/aromatic N) is 2. The molecule has 2 aromatic rings. The van der Waals surface area contributed by atoms with Gasteiger partial charge >= 0.3 is 0 Å². The maximum atomic E-state index is 11.9. The van der Waals surface area contributed by atoms with Gasteiger partial charge in [0.2, 0.25) is 11.8 Å². The normalized spacial score (nSPS) is 12.1. The molecular weight excluding hydrogens is 540 g/mol. The number of hydrogen-bond donors (Lipinski definition) is 2. The third kappa shape index (κ3) is 8.90. The molecule has 0 atom stereocenters. The molecule has 2 rings (SSSR count). The van der Waals surface area contributed by atoms with E-state index in [2.05, 4.69) is 52.9 Å². The zero-order valence-electron chi connectivity index (χ0n) is 16.1. The van der Waals surface area contributed by atoms with Crippen molar-refractivity contribution in [2.24, 2.45) is 10.2 Å². The highest BCUT2D eigenvalue weighted by Gasteiger charge is 2.06. The average Bonchev–Trinajstić information content (AvgIpc) is 3.32. The minimum absolute atomic E-state index is 0.119. The summed E-state index contributed by atoms with van der Waals surface area (Å²) >= 11 is 9.95. The number of halogens is 2. The second-order valence-corrected chi connectivity index (χ2v) is 11.2. The Morgan fingerprint density at radius 1 is 0.793 bits per heavy atom. The van der Waals surface area contributed by atoms with Gasteiger partial charge in [0.1, 0.15) is 0 Å². The Hall–Kier alpha value is -1.36. The Morgan fingerprint density at radius 2 is 1.21 bits per heavy atom. The summed E-state index contributed by atoms with van der Waals surface area (Å²) in [5.74, 6) is -0.237. The molecule has 2 N–H and O–H groups in total. The third-order valence-electron chi connectivity index (χ3n) is 3.86. The molecule has 0 aliphatic heterocycles. The lowest BCUT2D eigenvalue weighted by Crippen LogP contribution is -2.19. The third-order valence-corrected chi connectivity index (χ3v) is 7.33. The quantitative estimate of drug-likeness (QED) is 0.223. The molecule has 0 aromatic carbocycles. The maximum Gasteiger partial charge on any atom is 0.240 e. The van der Waals surface area contributed by atoms with E-state index in [1.807, 2.05) is 38.1 Å². The lowest BCUT2D eigenvalue weighted by atomic mass is 10.1. The van der Waals surface area contributed by atoms with Gasteiger partial charge in [-0.2, -0.15) is 10.2 Å². The highest BCUT2D eigenvalue weighted by atomic mass is 79.9. The van der Waals surface area contributed by atoms with E-state index < -0.39 is 0 Å². The highest BCUT2D eigenvalue weighted by Crippen LogP contribution is 2.23. The standard InChI is InChI=1S/C19H22Br2N4O2S2/c1-12(14-8-10-16(20)28-14)22-24-18(26)6-4-3-5-7-19(27)25-23-13(2)15-9-11-17(21)29-15/h8-11H,3-7H2,1-2H3,(H,24,26)(H,25,27). The van der Waals surface area contributed by atoms with Crippen LogP contribution < -0.4 is 10.9 Å². The summed E-state index contributed by atoms with van der Waals surface area (Å²) in [7, 11) is 0. The minimum atomic E-state index is -0.119. The number of carbonyl (C=O) groups excluding carboxylic acids is 2. The van der Waals surface area contributed by atoms with Crippen LogP contribution in [0.3, 0.4) is 0 Å². The minimum Gasteiger partial charge on any atom is -0.273 e. The molecule has 0 saturated heterocycles. The Balaban J connectivity index is 1.59. The lowest BCUT2D eigenvalue weighted by molar-refractivity contribution is -0.121. The van der Waals surface area contributed by atoms with Gasteiger partial charge in [-0.25, -0.2) is 10.9 Å². The van der Waals surface area contributed by atoms with Crippen LogP contribution >= 0.6 is 54.5 Å². The fourth-order valence-corrected chi connectivity index (χ4v) is 4.94. The van der Waals surface area contributed by atoms with Crippen molar-refractivity contribution in [2.45, 2.75) is 46.0 Å². The molecule has 2 heterocycles. The lowest BCUT2D eigenvalue weighted by Gasteiger charge is -2.03. The zero-order valence-corrected chi connectivity index (χ0v) is 20.9. The van der Waals surface area contributed by atoms with Gasteiger partial charge in [0.15, 0.2) is 0 Å². The predicted molar refractivity (Wildman–Crippen MR) is 128 cm³/mol. The summed E-state index contributed by atoms with van der Waals surface area (Å²) in [4.78, 5) is 25.8. The van der Waals surface area contributed by atoms with E-state index >= 15 is 0 Å². The van der Waals surface area contributed by atoms with E-state index in [-0.39, 0.29) is 11.8 Å². The van der Waals surface area contributed by atoms with Crippen LogP contribution in [0.15, 0.2) is 42.0 Å². The number of amides is 2. The second-order valence-electron chi connectivity index (χ2n) is 6.23. The van der Waals surface area contributed by atoms with Gasteiger partial charge in [0, 0.05) is 12.8 Å². The van der Waals surface area contributed by atoms with Crippen molar-refractivity contribution < 1.29 is 9.59 Å². The molecule has 29 heavy (non-hydrogen) atoms. The van der Waals surface area contributed by atoms with Gasteiger partial charge in [-0.15, -0.1) is 22.7 Å². The number of hydrazone groups is 2. The molecule has 156 valence electrons. The molecule has 0 spiro atoms. The first kappa shape index (κ1) is 23.9. The topological polar surface area (TPSA) is 82.9 Å². The summed E-state index contributed by atoms with van der Waals surface area (Å²) < 4.78 is 2.05. The number of thiophene rings is 2. The molecule has 0 aliphatic rings. The van der Waals surface area contributed by atoms with Crippen molar-refractivity contribution in [1.29, 1.82) is 0 Å². The van der Waals surface area contributed by atoms with Gasteiger partial charge in [-0.3, -0.25) is 9.59 Å². The summed E-state index contributed by atoms with van der Waals surface area (Å²) in [5, 5.41) is 8.26. The number of rotatable bonds is 10. The Labute approximate surface area is 195 Å². The molecule has 10 heteroatoms. The number of hydrogen-bond acceptors (Lipinski definition) is 6. The van der Waals surface area contributed by atoms with Crippen LogP contribution in [-0.4, -0.2) is 23.2 Å². The monoisotopic (exact) mass is 560 g/mol. The highest BCUT2D eigenvalue weighted by molar-refractivity contribution is 9.11. The molecular formula is C19H22Br2N4O2S2. The first-order chi connectivity index (χ1) is 13.8. The van der Waals surface area contributed by atoms with E-state index in [9.17, 15) is 9.59 Å². The largest absolute Gasteiger partial charge is 0.273 e. The Kier molecular flexibility index (Phi) is 10.2. The molecule has 0 saturated carbocycles. The van der Waals surface area contributed by atoms with Crippen molar-refractivity contribution >= 4 is 77.8 Å². The molecule has 0 bridgehead atoms. The summed E-state index contributed by atoms with van der Waals surface area (Å²) in [6.45, 7) is 3.72. The maximum absolute atomic E-state index is 11.9. The predicted octanol–water partition coefficient (Wildman–Crippen LogP) is 5.67. The van der Waals surface area contributed by atoms with Gasteiger partial charge in [-0.1, -0.05) is 6.42 Å². The summed E-state index contributed by atoms with van der Waals surface area (Å²) in [6, 6.07) is 7.81. The second kappa shape index (κ2) is 12.4. The summed E-state index contributed by atoms with van der Waals surface area (Å²) in [5.41, 5.74) is 6.71. The van der Waals surface area contributed by atoms with Crippen LogP contribution in [-0.2, 0) is 9.59 Å². The van der Waals surface area contributed by atoms with Crippen LogP contribution in [0.2, 0.25) is 0 Å². The average molecular weight is 562 g/mol. The fraction of sp³-hybridized carbons (Fsp3) is 0.368. The number of nitrogens with one attached hydrogen (secondary N) is 2. The molecule has 2 amide bonds.